The number of ether oxygens (including phenoxy) is 2. The fourth-order valence-electron chi connectivity index (χ4n) is 3.71. The monoisotopic (exact) mass is 408 g/mol. The number of rotatable bonds is 8. The van der Waals surface area contributed by atoms with E-state index in [1.165, 1.54) is 0 Å². The van der Waals surface area contributed by atoms with Crippen molar-refractivity contribution in [1.29, 1.82) is 0 Å². The van der Waals surface area contributed by atoms with Gasteiger partial charge in [-0.15, -0.1) is 0 Å². The second-order valence-corrected chi connectivity index (χ2v) is 7.18. The molecule has 0 bridgehead atoms. The zero-order valence-corrected chi connectivity index (χ0v) is 17.7. The van der Waals surface area contributed by atoms with E-state index in [2.05, 4.69) is 5.32 Å². The summed E-state index contributed by atoms with van der Waals surface area (Å²) in [6, 6.07) is 12.9. The second kappa shape index (κ2) is 9.96. The molecule has 0 unspecified atom stereocenters. The highest BCUT2D eigenvalue weighted by Gasteiger charge is 2.26. The van der Waals surface area contributed by atoms with Crippen LogP contribution >= 0.6 is 0 Å². The Morgan fingerprint density at radius 1 is 1.20 bits per heavy atom. The zero-order chi connectivity index (χ0) is 21.5. The molecule has 3 rings (SSSR count). The van der Waals surface area contributed by atoms with Crippen molar-refractivity contribution < 1.29 is 19.1 Å². The third-order valence-corrected chi connectivity index (χ3v) is 5.20. The van der Waals surface area contributed by atoms with Gasteiger partial charge in [0.2, 0.25) is 5.91 Å². The van der Waals surface area contributed by atoms with Crippen molar-refractivity contribution in [3.63, 3.8) is 0 Å². The summed E-state index contributed by atoms with van der Waals surface area (Å²) in [6.07, 6.45) is 5.18. The first kappa shape index (κ1) is 21.4. The van der Waals surface area contributed by atoms with Crippen LogP contribution in [0.25, 0.3) is 6.08 Å². The Morgan fingerprint density at radius 2 is 1.97 bits per heavy atom. The standard InChI is InChI=1S/C24H28N2O4/c1-4-9-18-14-19(15-21(29-2)23(18)30-3)24(28)25-20(17-10-6-5-7-11-17)16-26-13-8-12-22(26)27/h4-7,9-11,14-15,20H,8,12-13,16H2,1-3H3,(H,25,28)/b9-4-/t20-/m1/s1. The van der Waals surface area contributed by atoms with Gasteiger partial charge in [-0.2, -0.15) is 0 Å². The first-order valence-corrected chi connectivity index (χ1v) is 10.1. The number of likely N-dealkylation sites (tertiary alicyclic amines) is 1. The number of nitrogens with one attached hydrogen (secondary N) is 1. The normalized spacial score (nSPS) is 14.8. The van der Waals surface area contributed by atoms with Crippen LogP contribution in [-0.2, 0) is 4.79 Å². The maximum atomic E-state index is 13.2. The summed E-state index contributed by atoms with van der Waals surface area (Å²) >= 11 is 0. The van der Waals surface area contributed by atoms with Crippen molar-refractivity contribution >= 4 is 17.9 Å². The van der Waals surface area contributed by atoms with Gasteiger partial charge < -0.3 is 19.7 Å². The van der Waals surface area contributed by atoms with Gasteiger partial charge in [0.15, 0.2) is 11.5 Å². The Hall–Kier alpha value is -3.28. The molecule has 1 atom stereocenters. The van der Waals surface area contributed by atoms with E-state index in [4.69, 9.17) is 9.47 Å². The molecule has 0 saturated carbocycles. The van der Waals surface area contributed by atoms with E-state index < -0.39 is 0 Å². The number of benzene rings is 2. The van der Waals surface area contributed by atoms with E-state index in [1.54, 1.807) is 26.4 Å². The van der Waals surface area contributed by atoms with Gasteiger partial charge in [-0.25, -0.2) is 0 Å². The molecule has 0 aromatic heterocycles. The van der Waals surface area contributed by atoms with Gasteiger partial charge in [0, 0.05) is 30.6 Å². The molecule has 1 saturated heterocycles. The Kier molecular flexibility index (Phi) is 7.12. The number of hydrogen-bond acceptors (Lipinski definition) is 4. The lowest BCUT2D eigenvalue weighted by Gasteiger charge is -2.25. The van der Waals surface area contributed by atoms with Gasteiger partial charge >= 0.3 is 0 Å². The number of hydrogen-bond donors (Lipinski definition) is 1. The first-order valence-electron chi connectivity index (χ1n) is 10.1. The molecule has 1 N–H and O–H groups in total. The van der Waals surface area contributed by atoms with Crippen LogP contribution in [0.5, 0.6) is 11.5 Å². The van der Waals surface area contributed by atoms with Crippen LogP contribution in [0.3, 0.4) is 0 Å². The number of methoxy groups -OCH3 is 2. The summed E-state index contributed by atoms with van der Waals surface area (Å²) < 4.78 is 10.9. The van der Waals surface area contributed by atoms with E-state index >= 15 is 0 Å². The zero-order valence-electron chi connectivity index (χ0n) is 17.7. The highest BCUT2D eigenvalue weighted by molar-refractivity contribution is 5.96. The van der Waals surface area contributed by atoms with E-state index in [-0.39, 0.29) is 17.9 Å². The number of carbonyl (C=O) groups is 2. The third kappa shape index (κ3) is 4.82. The summed E-state index contributed by atoms with van der Waals surface area (Å²) in [5, 5.41) is 3.10. The van der Waals surface area contributed by atoms with E-state index in [9.17, 15) is 9.59 Å². The molecule has 30 heavy (non-hydrogen) atoms. The van der Waals surface area contributed by atoms with Crippen molar-refractivity contribution in [1.82, 2.24) is 10.2 Å². The van der Waals surface area contributed by atoms with E-state index in [1.807, 2.05) is 54.3 Å². The van der Waals surface area contributed by atoms with E-state index in [0.717, 1.165) is 24.1 Å². The van der Waals surface area contributed by atoms with Crippen LogP contribution < -0.4 is 14.8 Å². The van der Waals surface area contributed by atoms with Crippen LogP contribution in [0.15, 0.2) is 48.5 Å². The first-order chi connectivity index (χ1) is 14.6. The molecule has 0 aliphatic carbocycles. The van der Waals surface area contributed by atoms with Crippen molar-refractivity contribution in [2.75, 3.05) is 27.3 Å². The molecule has 6 nitrogen and oxygen atoms in total. The predicted molar refractivity (Wildman–Crippen MR) is 117 cm³/mol. The van der Waals surface area contributed by atoms with Crippen molar-refractivity contribution in [2.24, 2.45) is 0 Å². The Balaban J connectivity index is 1.90. The molecule has 0 spiro atoms. The van der Waals surface area contributed by atoms with Gasteiger partial charge in [-0.05, 0) is 31.0 Å². The SMILES string of the molecule is C/C=C\c1cc(C(=O)N[C@H](CN2CCCC2=O)c2ccccc2)cc(OC)c1OC. The molecule has 158 valence electrons. The maximum absolute atomic E-state index is 13.2. The largest absolute Gasteiger partial charge is 0.493 e. The van der Waals surface area contributed by atoms with Crippen LogP contribution in [0.4, 0.5) is 0 Å². The van der Waals surface area contributed by atoms with Gasteiger partial charge in [0.1, 0.15) is 0 Å². The van der Waals surface area contributed by atoms with E-state index in [0.29, 0.717) is 30.0 Å². The average molecular weight is 408 g/mol. The fraction of sp³-hybridized carbons (Fsp3) is 0.333. The smallest absolute Gasteiger partial charge is 0.251 e. The van der Waals surface area contributed by atoms with Gasteiger partial charge in [-0.3, -0.25) is 9.59 Å². The summed E-state index contributed by atoms with van der Waals surface area (Å²) in [7, 11) is 3.12. The number of amides is 2. The van der Waals surface area contributed by atoms with Gasteiger partial charge in [0.05, 0.1) is 20.3 Å². The lowest BCUT2D eigenvalue weighted by Crippen LogP contribution is -2.38. The topological polar surface area (TPSA) is 67.9 Å². The Bertz CT molecular complexity index is 924. The van der Waals surface area contributed by atoms with Crippen LogP contribution in [0, 0.1) is 0 Å². The molecular weight excluding hydrogens is 380 g/mol. The van der Waals surface area contributed by atoms with Crippen LogP contribution in [0.1, 0.15) is 47.3 Å². The van der Waals surface area contributed by atoms with Crippen molar-refractivity contribution in [3.05, 3.63) is 65.2 Å². The Labute approximate surface area is 177 Å². The summed E-state index contributed by atoms with van der Waals surface area (Å²) in [5.74, 6) is 0.965. The number of allylic oxidation sites excluding steroid dienone is 1. The van der Waals surface area contributed by atoms with Crippen LogP contribution in [-0.4, -0.2) is 44.0 Å². The molecule has 1 heterocycles. The van der Waals surface area contributed by atoms with Crippen molar-refractivity contribution in [2.45, 2.75) is 25.8 Å². The molecule has 1 aliphatic rings. The quantitative estimate of drug-likeness (QED) is 0.721. The predicted octanol–water partition coefficient (Wildman–Crippen LogP) is 3.83. The Morgan fingerprint density at radius 3 is 2.57 bits per heavy atom. The third-order valence-electron chi connectivity index (χ3n) is 5.20. The summed E-state index contributed by atoms with van der Waals surface area (Å²) in [6.45, 7) is 3.07. The molecule has 1 fully saturated rings. The molecule has 1 aliphatic heterocycles. The summed E-state index contributed by atoms with van der Waals surface area (Å²) in [5.41, 5.74) is 2.18. The van der Waals surface area contributed by atoms with Gasteiger partial charge in [-0.1, -0.05) is 42.5 Å². The average Bonchev–Trinajstić information content (AvgIpc) is 3.17. The maximum Gasteiger partial charge on any atom is 0.251 e. The highest BCUT2D eigenvalue weighted by atomic mass is 16.5. The highest BCUT2D eigenvalue weighted by Crippen LogP contribution is 2.34. The minimum atomic E-state index is -0.306. The number of carbonyl (C=O) groups excluding carboxylic acids is 2. The minimum Gasteiger partial charge on any atom is -0.493 e. The lowest BCUT2D eigenvalue weighted by atomic mass is 10.0. The van der Waals surface area contributed by atoms with Crippen molar-refractivity contribution in [3.8, 4) is 11.5 Å². The lowest BCUT2D eigenvalue weighted by molar-refractivity contribution is -0.128. The molecule has 0 radical (unpaired) electrons. The molecule has 2 aromatic rings. The number of nitrogens with zero attached hydrogens (tertiary/aromatic N) is 1. The molecule has 2 amide bonds. The van der Waals surface area contributed by atoms with Gasteiger partial charge in [0.25, 0.3) is 5.91 Å². The second-order valence-electron chi connectivity index (χ2n) is 7.18. The minimum absolute atomic E-state index is 0.131. The molecular formula is C24H28N2O4. The summed E-state index contributed by atoms with van der Waals surface area (Å²) in [4.78, 5) is 27.1. The van der Waals surface area contributed by atoms with Crippen LogP contribution in [0.2, 0.25) is 0 Å². The molecule has 2 aromatic carbocycles. The molecule has 6 heteroatoms. The fourth-order valence-corrected chi connectivity index (χ4v) is 3.71.